The molecule has 0 bridgehead atoms. The molecule has 132 valence electrons. The highest BCUT2D eigenvalue weighted by Crippen LogP contribution is 2.21. The van der Waals surface area contributed by atoms with Gasteiger partial charge in [-0.3, -0.25) is 9.69 Å². The molecule has 1 fully saturated rings. The van der Waals surface area contributed by atoms with E-state index in [1.165, 1.54) is 0 Å². The van der Waals surface area contributed by atoms with Gasteiger partial charge in [0.15, 0.2) is 0 Å². The summed E-state index contributed by atoms with van der Waals surface area (Å²) in [6, 6.07) is 12.8. The second-order valence-electron chi connectivity index (χ2n) is 5.91. The summed E-state index contributed by atoms with van der Waals surface area (Å²) >= 11 is 0. The molecule has 1 atom stereocenters. The van der Waals surface area contributed by atoms with E-state index in [1.54, 1.807) is 0 Å². The van der Waals surface area contributed by atoms with Crippen molar-refractivity contribution in [3.8, 4) is 0 Å². The lowest BCUT2D eigenvalue weighted by Crippen LogP contribution is -2.43. The molecule has 0 spiro atoms. The van der Waals surface area contributed by atoms with Crippen LogP contribution in [0.4, 0.5) is 8.78 Å². The fourth-order valence-electron chi connectivity index (χ4n) is 2.98. The van der Waals surface area contributed by atoms with Gasteiger partial charge in [0.25, 0.3) is 5.91 Å². The van der Waals surface area contributed by atoms with E-state index in [4.69, 9.17) is 4.74 Å². The van der Waals surface area contributed by atoms with Crippen LogP contribution in [0.1, 0.15) is 22.0 Å². The van der Waals surface area contributed by atoms with Crippen LogP contribution >= 0.6 is 0 Å². The number of amides is 1. The molecule has 2 aromatic carbocycles. The lowest BCUT2D eigenvalue weighted by atomic mass is 10.0. The molecular weight excluding hydrogens is 326 g/mol. The van der Waals surface area contributed by atoms with E-state index in [0.29, 0.717) is 25.8 Å². The zero-order chi connectivity index (χ0) is 17.6. The topological polar surface area (TPSA) is 41.6 Å². The van der Waals surface area contributed by atoms with Gasteiger partial charge in [-0.25, -0.2) is 8.78 Å². The average Bonchev–Trinajstić information content (AvgIpc) is 2.63. The maximum Gasteiger partial charge on any atom is 0.254 e. The van der Waals surface area contributed by atoms with Gasteiger partial charge in [0, 0.05) is 25.7 Å². The smallest absolute Gasteiger partial charge is 0.254 e. The number of nitrogens with one attached hydrogen (secondary N) is 1. The quantitative estimate of drug-likeness (QED) is 0.905. The molecule has 1 unspecified atom stereocenters. The number of morpholine rings is 1. The van der Waals surface area contributed by atoms with Crippen molar-refractivity contribution in [1.82, 2.24) is 10.2 Å². The van der Waals surface area contributed by atoms with Crippen LogP contribution < -0.4 is 5.32 Å². The molecule has 1 aliphatic rings. The summed E-state index contributed by atoms with van der Waals surface area (Å²) in [6.45, 7) is 3.15. The van der Waals surface area contributed by atoms with Crippen molar-refractivity contribution in [2.24, 2.45) is 0 Å². The summed E-state index contributed by atoms with van der Waals surface area (Å²) in [5, 5.41) is 2.77. The summed E-state index contributed by atoms with van der Waals surface area (Å²) in [5.74, 6) is -2.11. The first kappa shape index (κ1) is 17.5. The molecule has 4 nitrogen and oxygen atoms in total. The highest BCUT2D eigenvalue weighted by Gasteiger charge is 2.23. The molecule has 3 rings (SSSR count). The van der Waals surface area contributed by atoms with E-state index in [1.807, 2.05) is 30.3 Å². The lowest BCUT2D eigenvalue weighted by molar-refractivity contribution is 0.0162. The van der Waals surface area contributed by atoms with Gasteiger partial charge in [-0.15, -0.1) is 0 Å². The van der Waals surface area contributed by atoms with Gasteiger partial charge in [0.1, 0.15) is 11.6 Å². The molecule has 2 aromatic rings. The van der Waals surface area contributed by atoms with Gasteiger partial charge in [-0.2, -0.15) is 0 Å². The van der Waals surface area contributed by atoms with Crippen LogP contribution in [0.2, 0.25) is 0 Å². The Morgan fingerprint density at radius 2 is 1.84 bits per heavy atom. The summed E-state index contributed by atoms with van der Waals surface area (Å²) in [6.07, 6.45) is 0. The first-order chi connectivity index (χ1) is 12.1. The van der Waals surface area contributed by atoms with Crippen LogP contribution in [-0.4, -0.2) is 43.7 Å². The summed E-state index contributed by atoms with van der Waals surface area (Å²) in [4.78, 5) is 14.5. The molecular formula is C19H20F2N2O2. The fourth-order valence-corrected chi connectivity index (χ4v) is 2.98. The largest absolute Gasteiger partial charge is 0.379 e. The Morgan fingerprint density at radius 1 is 1.12 bits per heavy atom. The van der Waals surface area contributed by atoms with Gasteiger partial charge in [0.2, 0.25) is 0 Å². The van der Waals surface area contributed by atoms with Crippen LogP contribution in [0.15, 0.2) is 48.5 Å². The highest BCUT2D eigenvalue weighted by atomic mass is 19.1. The van der Waals surface area contributed by atoms with Gasteiger partial charge in [-0.05, 0) is 17.7 Å². The van der Waals surface area contributed by atoms with Crippen molar-refractivity contribution in [1.29, 1.82) is 0 Å². The van der Waals surface area contributed by atoms with Gasteiger partial charge in [-0.1, -0.05) is 30.3 Å². The molecule has 1 aliphatic heterocycles. The van der Waals surface area contributed by atoms with Crippen LogP contribution in [0.25, 0.3) is 0 Å². The summed E-state index contributed by atoms with van der Waals surface area (Å²) in [7, 11) is 0. The van der Waals surface area contributed by atoms with Crippen molar-refractivity contribution in [2.45, 2.75) is 6.04 Å². The third kappa shape index (κ3) is 4.41. The molecule has 25 heavy (non-hydrogen) atoms. The Balaban J connectivity index is 1.72. The SMILES string of the molecule is O=C(NCC(c1ccccc1)N1CCOCC1)c1ccc(F)cc1F. The van der Waals surface area contributed by atoms with E-state index >= 15 is 0 Å². The third-order valence-corrected chi connectivity index (χ3v) is 4.30. The number of halogens is 2. The fraction of sp³-hybridized carbons (Fsp3) is 0.316. The monoisotopic (exact) mass is 346 g/mol. The van der Waals surface area contributed by atoms with Gasteiger partial charge in [0.05, 0.1) is 24.8 Å². The second-order valence-corrected chi connectivity index (χ2v) is 5.91. The van der Waals surface area contributed by atoms with Crippen LogP contribution in [-0.2, 0) is 4.74 Å². The number of nitrogens with zero attached hydrogens (tertiary/aromatic N) is 1. The number of ether oxygens (including phenoxy) is 1. The van der Waals surface area contributed by atoms with E-state index < -0.39 is 17.5 Å². The average molecular weight is 346 g/mol. The van der Waals surface area contributed by atoms with E-state index in [9.17, 15) is 13.6 Å². The minimum absolute atomic E-state index is 0.0300. The molecule has 1 N–H and O–H groups in total. The highest BCUT2D eigenvalue weighted by molar-refractivity contribution is 5.94. The zero-order valence-electron chi connectivity index (χ0n) is 13.8. The van der Waals surface area contributed by atoms with Crippen LogP contribution in [0, 0.1) is 11.6 Å². The van der Waals surface area contributed by atoms with Crippen molar-refractivity contribution >= 4 is 5.91 Å². The predicted molar refractivity (Wildman–Crippen MR) is 90.3 cm³/mol. The van der Waals surface area contributed by atoms with E-state index in [2.05, 4.69) is 10.2 Å². The maximum atomic E-state index is 13.8. The number of rotatable bonds is 5. The summed E-state index contributed by atoms with van der Waals surface area (Å²) in [5.41, 5.74) is 0.916. The number of carbonyl (C=O) groups excluding carboxylic acids is 1. The van der Waals surface area contributed by atoms with Gasteiger partial charge < -0.3 is 10.1 Å². The Hall–Kier alpha value is -2.31. The first-order valence-electron chi connectivity index (χ1n) is 8.25. The van der Waals surface area contributed by atoms with Crippen LogP contribution in [0.3, 0.4) is 0 Å². The minimum Gasteiger partial charge on any atom is -0.379 e. The number of benzene rings is 2. The minimum atomic E-state index is -0.861. The van der Waals surface area contributed by atoms with Gasteiger partial charge >= 0.3 is 0 Å². The van der Waals surface area contributed by atoms with Crippen molar-refractivity contribution in [2.75, 3.05) is 32.8 Å². The number of hydrogen-bond acceptors (Lipinski definition) is 3. The Kier molecular flexibility index (Phi) is 5.73. The lowest BCUT2D eigenvalue weighted by Gasteiger charge is -2.35. The maximum absolute atomic E-state index is 13.8. The molecule has 1 saturated heterocycles. The zero-order valence-corrected chi connectivity index (χ0v) is 13.8. The first-order valence-corrected chi connectivity index (χ1v) is 8.25. The van der Waals surface area contributed by atoms with Crippen LogP contribution in [0.5, 0.6) is 0 Å². The van der Waals surface area contributed by atoms with Crippen molar-refractivity contribution in [3.05, 3.63) is 71.3 Å². The number of hydrogen-bond donors (Lipinski definition) is 1. The molecule has 0 aromatic heterocycles. The summed E-state index contributed by atoms with van der Waals surface area (Å²) < 4.78 is 32.2. The Labute approximate surface area is 145 Å². The van der Waals surface area contributed by atoms with Crippen molar-refractivity contribution in [3.63, 3.8) is 0 Å². The predicted octanol–water partition coefficient (Wildman–Crippen LogP) is 2.77. The van der Waals surface area contributed by atoms with Crippen molar-refractivity contribution < 1.29 is 18.3 Å². The molecule has 0 aliphatic carbocycles. The Bertz CT molecular complexity index is 719. The standard InChI is InChI=1S/C19H20F2N2O2/c20-15-6-7-16(17(21)12-15)19(24)22-13-18(14-4-2-1-3-5-14)23-8-10-25-11-9-23/h1-7,12,18H,8-11,13H2,(H,22,24). The second kappa shape index (κ2) is 8.18. The Morgan fingerprint density at radius 3 is 2.52 bits per heavy atom. The normalized spacial score (nSPS) is 16.4. The van der Waals surface area contributed by atoms with E-state index in [-0.39, 0.29) is 11.6 Å². The third-order valence-electron chi connectivity index (χ3n) is 4.30. The molecule has 1 amide bonds. The number of carbonyl (C=O) groups is 1. The molecule has 0 radical (unpaired) electrons. The molecule has 1 heterocycles. The van der Waals surface area contributed by atoms with E-state index in [0.717, 1.165) is 30.8 Å². The molecule has 0 saturated carbocycles. The molecule has 6 heteroatoms.